The van der Waals surface area contributed by atoms with Crippen LogP contribution >= 0.6 is 0 Å². The maximum absolute atomic E-state index is 5.81. The van der Waals surface area contributed by atoms with E-state index in [1.807, 2.05) is 18.2 Å². The Morgan fingerprint density at radius 2 is 2.00 bits per heavy atom. The van der Waals surface area contributed by atoms with Crippen molar-refractivity contribution in [3.05, 3.63) is 30.3 Å². The van der Waals surface area contributed by atoms with E-state index in [9.17, 15) is 0 Å². The molecule has 1 aliphatic rings. The number of anilines is 2. The third kappa shape index (κ3) is 2.37. The van der Waals surface area contributed by atoms with Crippen LogP contribution < -0.4 is 10.6 Å². The highest BCUT2D eigenvalue weighted by Gasteiger charge is 2.23. The van der Waals surface area contributed by atoms with Gasteiger partial charge in [0.2, 0.25) is 0 Å². The van der Waals surface area contributed by atoms with Gasteiger partial charge >= 0.3 is 0 Å². The summed E-state index contributed by atoms with van der Waals surface area (Å²) in [5.41, 5.74) is 7.63. The lowest BCUT2D eigenvalue weighted by Gasteiger charge is -2.37. The Balaban J connectivity index is 1.98. The summed E-state index contributed by atoms with van der Waals surface area (Å²) in [6.45, 7) is 5.72. The number of nitrogens with two attached hydrogens (primary N) is 1. The second-order valence-electron chi connectivity index (χ2n) is 5.81. The van der Waals surface area contributed by atoms with Crippen molar-refractivity contribution >= 4 is 22.4 Å². The summed E-state index contributed by atoms with van der Waals surface area (Å²) in [5, 5.41) is 1.11. The molecule has 0 bridgehead atoms. The van der Waals surface area contributed by atoms with Gasteiger partial charge < -0.3 is 10.6 Å². The fraction of sp³-hybridized carbons (Fsp3) is 0.438. The molecular weight excluding hydrogens is 234 g/mol. The molecule has 1 aliphatic heterocycles. The summed E-state index contributed by atoms with van der Waals surface area (Å²) in [5.74, 6) is 1.84. The van der Waals surface area contributed by atoms with Gasteiger partial charge in [-0.15, -0.1) is 0 Å². The van der Waals surface area contributed by atoms with Crippen molar-refractivity contribution in [2.45, 2.75) is 32.7 Å². The minimum atomic E-state index is 0.579. The van der Waals surface area contributed by atoms with Gasteiger partial charge in [0.15, 0.2) is 0 Å². The van der Waals surface area contributed by atoms with Crippen LogP contribution in [-0.4, -0.2) is 17.6 Å². The zero-order valence-corrected chi connectivity index (χ0v) is 11.6. The summed E-state index contributed by atoms with van der Waals surface area (Å²) in [6.07, 6.45) is 2.57. The SMILES string of the molecule is CC1CCC(C)N(c2ccc3cc(N)ccc3n2)C1. The van der Waals surface area contributed by atoms with Gasteiger partial charge in [0, 0.05) is 23.7 Å². The van der Waals surface area contributed by atoms with Crippen molar-refractivity contribution in [3.63, 3.8) is 0 Å². The van der Waals surface area contributed by atoms with E-state index in [1.165, 1.54) is 12.8 Å². The molecule has 3 nitrogen and oxygen atoms in total. The second-order valence-corrected chi connectivity index (χ2v) is 5.81. The lowest BCUT2D eigenvalue weighted by Crippen LogP contribution is -2.41. The van der Waals surface area contributed by atoms with E-state index >= 15 is 0 Å². The van der Waals surface area contributed by atoms with Crippen molar-refractivity contribution in [1.82, 2.24) is 4.98 Å². The molecule has 19 heavy (non-hydrogen) atoms. The molecule has 0 spiro atoms. The topological polar surface area (TPSA) is 42.1 Å². The Bertz CT molecular complexity index is 594. The summed E-state index contributed by atoms with van der Waals surface area (Å²) in [7, 11) is 0. The van der Waals surface area contributed by atoms with E-state index in [0.717, 1.165) is 34.9 Å². The molecule has 2 aromatic rings. The molecule has 2 unspecified atom stereocenters. The summed E-state index contributed by atoms with van der Waals surface area (Å²) < 4.78 is 0. The van der Waals surface area contributed by atoms with Crippen LogP contribution in [0.25, 0.3) is 10.9 Å². The van der Waals surface area contributed by atoms with E-state index in [4.69, 9.17) is 10.7 Å². The molecule has 100 valence electrons. The Morgan fingerprint density at radius 1 is 1.16 bits per heavy atom. The number of piperidine rings is 1. The third-order valence-corrected chi connectivity index (χ3v) is 4.11. The molecule has 1 aromatic carbocycles. The number of pyridine rings is 1. The molecular formula is C16H21N3. The maximum Gasteiger partial charge on any atom is 0.129 e. The van der Waals surface area contributed by atoms with Gasteiger partial charge in [-0.05, 0) is 56.0 Å². The van der Waals surface area contributed by atoms with Crippen LogP contribution in [0.1, 0.15) is 26.7 Å². The fourth-order valence-electron chi connectivity index (χ4n) is 2.90. The number of nitrogens with zero attached hydrogens (tertiary/aromatic N) is 2. The van der Waals surface area contributed by atoms with Gasteiger partial charge in [-0.3, -0.25) is 0 Å². The average molecular weight is 255 g/mol. The number of hydrogen-bond donors (Lipinski definition) is 1. The fourth-order valence-corrected chi connectivity index (χ4v) is 2.90. The first-order valence-electron chi connectivity index (χ1n) is 7.06. The zero-order chi connectivity index (χ0) is 13.4. The highest BCUT2D eigenvalue weighted by atomic mass is 15.2. The summed E-state index contributed by atoms with van der Waals surface area (Å²) >= 11 is 0. The maximum atomic E-state index is 5.81. The van der Waals surface area contributed by atoms with E-state index in [2.05, 4.69) is 30.9 Å². The highest BCUT2D eigenvalue weighted by molar-refractivity contribution is 5.83. The van der Waals surface area contributed by atoms with Crippen LogP contribution in [0.5, 0.6) is 0 Å². The van der Waals surface area contributed by atoms with Crippen LogP contribution in [0.15, 0.2) is 30.3 Å². The first-order valence-corrected chi connectivity index (χ1v) is 7.06. The smallest absolute Gasteiger partial charge is 0.129 e. The second kappa shape index (κ2) is 4.72. The van der Waals surface area contributed by atoms with Crippen LogP contribution in [0.2, 0.25) is 0 Å². The number of aromatic nitrogens is 1. The standard InChI is InChI=1S/C16H21N3/c1-11-3-4-12(2)19(10-11)16-8-5-13-9-14(17)6-7-15(13)18-16/h5-9,11-12H,3-4,10,17H2,1-2H3. The number of fused-ring (bicyclic) bond motifs is 1. The molecule has 3 heteroatoms. The van der Waals surface area contributed by atoms with Gasteiger partial charge in [-0.2, -0.15) is 0 Å². The number of nitrogen functional groups attached to an aromatic ring is 1. The van der Waals surface area contributed by atoms with Gasteiger partial charge in [-0.1, -0.05) is 6.92 Å². The third-order valence-electron chi connectivity index (χ3n) is 4.11. The molecule has 0 amide bonds. The van der Waals surface area contributed by atoms with Crippen LogP contribution in [-0.2, 0) is 0 Å². The molecule has 1 fully saturated rings. The average Bonchev–Trinajstić information content (AvgIpc) is 2.41. The normalized spacial score (nSPS) is 23.8. The van der Waals surface area contributed by atoms with Crippen molar-refractivity contribution in [3.8, 4) is 0 Å². The molecule has 0 saturated carbocycles. The largest absolute Gasteiger partial charge is 0.399 e. The predicted octanol–water partition coefficient (Wildman–Crippen LogP) is 3.44. The van der Waals surface area contributed by atoms with Crippen LogP contribution in [0.3, 0.4) is 0 Å². The Labute approximate surface area is 114 Å². The van der Waals surface area contributed by atoms with Crippen molar-refractivity contribution in [2.24, 2.45) is 5.92 Å². The first-order chi connectivity index (χ1) is 9.13. The molecule has 3 rings (SSSR count). The monoisotopic (exact) mass is 255 g/mol. The Morgan fingerprint density at radius 3 is 2.84 bits per heavy atom. The molecule has 1 saturated heterocycles. The van der Waals surface area contributed by atoms with E-state index in [1.54, 1.807) is 0 Å². The first kappa shape index (κ1) is 12.3. The number of hydrogen-bond acceptors (Lipinski definition) is 3. The van der Waals surface area contributed by atoms with Crippen LogP contribution in [0.4, 0.5) is 11.5 Å². The zero-order valence-electron chi connectivity index (χ0n) is 11.6. The quantitative estimate of drug-likeness (QED) is 0.794. The van der Waals surface area contributed by atoms with Gasteiger partial charge in [0.1, 0.15) is 5.82 Å². The van der Waals surface area contributed by atoms with E-state index < -0.39 is 0 Å². The molecule has 2 N–H and O–H groups in total. The van der Waals surface area contributed by atoms with Gasteiger partial charge in [0.25, 0.3) is 0 Å². The lowest BCUT2D eigenvalue weighted by atomic mass is 9.95. The van der Waals surface area contributed by atoms with E-state index in [-0.39, 0.29) is 0 Å². The minimum Gasteiger partial charge on any atom is -0.399 e. The van der Waals surface area contributed by atoms with Crippen molar-refractivity contribution in [2.75, 3.05) is 17.2 Å². The lowest BCUT2D eigenvalue weighted by molar-refractivity contribution is 0.388. The molecule has 0 aliphatic carbocycles. The number of rotatable bonds is 1. The van der Waals surface area contributed by atoms with Crippen molar-refractivity contribution < 1.29 is 0 Å². The Hall–Kier alpha value is -1.77. The predicted molar refractivity (Wildman–Crippen MR) is 81.4 cm³/mol. The minimum absolute atomic E-state index is 0.579. The molecule has 1 aromatic heterocycles. The Kier molecular flexibility index (Phi) is 3.05. The molecule has 2 heterocycles. The van der Waals surface area contributed by atoms with Crippen molar-refractivity contribution in [1.29, 1.82) is 0 Å². The van der Waals surface area contributed by atoms with Gasteiger partial charge in [-0.25, -0.2) is 4.98 Å². The van der Waals surface area contributed by atoms with Crippen LogP contribution in [0, 0.1) is 5.92 Å². The summed E-state index contributed by atoms with van der Waals surface area (Å²) in [6, 6.07) is 10.7. The molecule has 0 radical (unpaired) electrons. The highest BCUT2D eigenvalue weighted by Crippen LogP contribution is 2.28. The summed E-state index contributed by atoms with van der Waals surface area (Å²) in [4.78, 5) is 7.23. The van der Waals surface area contributed by atoms with E-state index in [0.29, 0.717) is 6.04 Å². The molecule has 2 atom stereocenters. The van der Waals surface area contributed by atoms with Gasteiger partial charge in [0.05, 0.1) is 5.52 Å². The number of benzene rings is 1.